The van der Waals surface area contributed by atoms with Crippen LogP contribution in [0, 0.1) is 0 Å². The van der Waals surface area contributed by atoms with Crippen molar-refractivity contribution in [3.63, 3.8) is 0 Å². The van der Waals surface area contributed by atoms with Crippen LogP contribution in [0.15, 0.2) is 51.8 Å². The fourth-order valence-electron chi connectivity index (χ4n) is 2.33. The van der Waals surface area contributed by atoms with E-state index in [4.69, 9.17) is 14.2 Å². The maximum atomic E-state index is 12.8. The molecule has 0 amide bonds. The highest BCUT2D eigenvalue weighted by molar-refractivity contribution is 9.10. The van der Waals surface area contributed by atoms with E-state index < -0.39 is 10.0 Å². The van der Waals surface area contributed by atoms with E-state index in [1.165, 1.54) is 16.4 Å². The summed E-state index contributed by atoms with van der Waals surface area (Å²) >= 11 is 3.40. The molecule has 0 aliphatic heterocycles. The summed E-state index contributed by atoms with van der Waals surface area (Å²) in [5.41, 5.74) is 0.771. The van der Waals surface area contributed by atoms with Crippen LogP contribution in [-0.2, 0) is 21.3 Å². The normalized spacial score (nSPS) is 11.6. The Morgan fingerprint density at radius 2 is 1.73 bits per heavy atom. The third-order valence-corrected chi connectivity index (χ3v) is 6.03. The third-order valence-electron chi connectivity index (χ3n) is 3.72. The first kappa shape index (κ1) is 20.7. The molecule has 0 saturated heterocycles. The Morgan fingerprint density at radius 1 is 1.04 bits per heavy atom. The lowest BCUT2D eigenvalue weighted by molar-refractivity contribution is 0.146. The standard InChI is InChI=1S/C18H22BrNO5S/c1-20(13-14-12-15(19)4-9-18(14)24-3)26(21,22)17-7-5-16(6-8-17)25-11-10-23-2/h4-9,12H,10-11,13H2,1-3H3. The van der Waals surface area contributed by atoms with Crippen LogP contribution >= 0.6 is 15.9 Å². The molecule has 0 fully saturated rings. The van der Waals surface area contributed by atoms with Gasteiger partial charge in [-0.3, -0.25) is 0 Å². The molecule has 6 nitrogen and oxygen atoms in total. The second-order valence-electron chi connectivity index (χ2n) is 5.53. The number of nitrogens with zero attached hydrogens (tertiary/aromatic N) is 1. The first-order valence-electron chi connectivity index (χ1n) is 7.89. The van der Waals surface area contributed by atoms with Crippen LogP contribution in [0.25, 0.3) is 0 Å². The van der Waals surface area contributed by atoms with E-state index in [9.17, 15) is 8.42 Å². The second kappa shape index (κ2) is 9.36. The van der Waals surface area contributed by atoms with E-state index in [1.807, 2.05) is 12.1 Å². The molecule has 0 spiro atoms. The molecule has 0 bridgehead atoms. The lowest BCUT2D eigenvalue weighted by Crippen LogP contribution is -2.26. The Balaban J connectivity index is 2.15. The van der Waals surface area contributed by atoms with Crippen LogP contribution in [0.1, 0.15) is 5.56 Å². The van der Waals surface area contributed by atoms with Gasteiger partial charge in [-0.05, 0) is 42.5 Å². The Bertz CT molecular complexity index is 824. The van der Waals surface area contributed by atoms with E-state index in [0.717, 1.165) is 10.0 Å². The molecule has 2 aromatic carbocycles. The number of hydrogen-bond donors (Lipinski definition) is 0. The quantitative estimate of drug-likeness (QED) is 0.556. The molecule has 0 heterocycles. The molecule has 0 aromatic heterocycles. The van der Waals surface area contributed by atoms with Crippen molar-refractivity contribution >= 4 is 26.0 Å². The Morgan fingerprint density at radius 3 is 2.35 bits per heavy atom. The number of benzene rings is 2. The van der Waals surface area contributed by atoms with E-state index in [2.05, 4.69) is 15.9 Å². The molecule has 142 valence electrons. The fourth-order valence-corrected chi connectivity index (χ4v) is 3.88. The number of ether oxygens (including phenoxy) is 3. The molecule has 8 heteroatoms. The summed E-state index contributed by atoms with van der Waals surface area (Å²) in [5.74, 6) is 1.23. The lowest BCUT2D eigenvalue weighted by atomic mass is 10.2. The van der Waals surface area contributed by atoms with Crippen molar-refractivity contribution in [2.24, 2.45) is 0 Å². The summed E-state index contributed by atoms with van der Waals surface area (Å²) in [6.45, 7) is 1.07. The predicted molar refractivity (Wildman–Crippen MR) is 103 cm³/mol. The van der Waals surface area contributed by atoms with Crippen molar-refractivity contribution in [3.8, 4) is 11.5 Å². The predicted octanol–water partition coefficient (Wildman–Crippen LogP) is 3.30. The molecule has 0 N–H and O–H groups in total. The molecule has 0 saturated carbocycles. The SMILES string of the molecule is COCCOc1ccc(S(=O)(=O)N(C)Cc2cc(Br)ccc2OC)cc1. The second-order valence-corrected chi connectivity index (χ2v) is 8.49. The van der Waals surface area contributed by atoms with Crippen molar-refractivity contribution in [1.82, 2.24) is 4.31 Å². The molecule has 2 aromatic rings. The topological polar surface area (TPSA) is 65.1 Å². The summed E-state index contributed by atoms with van der Waals surface area (Å²) in [7, 11) is 1.06. The van der Waals surface area contributed by atoms with Crippen LogP contribution < -0.4 is 9.47 Å². The van der Waals surface area contributed by atoms with E-state index in [0.29, 0.717) is 24.7 Å². The summed E-state index contributed by atoms with van der Waals surface area (Å²) in [6.07, 6.45) is 0. The monoisotopic (exact) mass is 443 g/mol. The first-order chi connectivity index (χ1) is 12.4. The Labute approximate surface area is 162 Å². The van der Waals surface area contributed by atoms with Gasteiger partial charge in [0.25, 0.3) is 0 Å². The largest absolute Gasteiger partial charge is 0.496 e. The van der Waals surface area contributed by atoms with Gasteiger partial charge in [-0.15, -0.1) is 0 Å². The van der Waals surface area contributed by atoms with Crippen molar-refractivity contribution in [3.05, 3.63) is 52.5 Å². The molecule has 0 aliphatic rings. The van der Waals surface area contributed by atoms with Crippen LogP contribution in [0.4, 0.5) is 0 Å². The zero-order valence-electron chi connectivity index (χ0n) is 14.9. The highest BCUT2D eigenvalue weighted by Crippen LogP contribution is 2.26. The maximum Gasteiger partial charge on any atom is 0.243 e. The summed E-state index contributed by atoms with van der Waals surface area (Å²) in [6, 6.07) is 11.8. The van der Waals surface area contributed by atoms with Gasteiger partial charge in [0, 0.05) is 30.7 Å². The number of methoxy groups -OCH3 is 2. The molecule has 26 heavy (non-hydrogen) atoms. The van der Waals surface area contributed by atoms with Gasteiger partial charge in [-0.2, -0.15) is 4.31 Å². The summed E-state index contributed by atoms with van der Waals surface area (Å²) < 4.78 is 43.4. The number of sulfonamides is 1. The summed E-state index contributed by atoms with van der Waals surface area (Å²) in [4.78, 5) is 0.202. The molecule has 0 atom stereocenters. The van der Waals surface area contributed by atoms with Gasteiger partial charge in [0.05, 0.1) is 18.6 Å². The van der Waals surface area contributed by atoms with Gasteiger partial charge >= 0.3 is 0 Å². The smallest absolute Gasteiger partial charge is 0.243 e. The Kier molecular flexibility index (Phi) is 7.45. The molecule has 0 unspecified atom stereocenters. The van der Waals surface area contributed by atoms with Gasteiger partial charge in [0.15, 0.2) is 0 Å². The van der Waals surface area contributed by atoms with Gasteiger partial charge in [0.2, 0.25) is 10.0 Å². The van der Waals surface area contributed by atoms with Gasteiger partial charge in [-0.25, -0.2) is 8.42 Å². The Hall–Kier alpha value is -1.61. The van der Waals surface area contributed by atoms with Crippen molar-refractivity contribution in [1.29, 1.82) is 0 Å². The summed E-state index contributed by atoms with van der Waals surface area (Å²) in [5, 5.41) is 0. The first-order valence-corrected chi connectivity index (χ1v) is 10.1. The molecule has 0 radical (unpaired) electrons. The van der Waals surface area contributed by atoms with Crippen LogP contribution in [0.3, 0.4) is 0 Å². The average molecular weight is 444 g/mol. The zero-order valence-corrected chi connectivity index (χ0v) is 17.3. The highest BCUT2D eigenvalue weighted by Gasteiger charge is 2.22. The molecule has 0 aliphatic carbocycles. The van der Waals surface area contributed by atoms with Crippen LogP contribution in [0.5, 0.6) is 11.5 Å². The highest BCUT2D eigenvalue weighted by atomic mass is 79.9. The average Bonchev–Trinajstić information content (AvgIpc) is 2.62. The third kappa shape index (κ3) is 5.20. The number of halogens is 1. The molecular formula is C18H22BrNO5S. The number of hydrogen-bond acceptors (Lipinski definition) is 5. The fraction of sp³-hybridized carbons (Fsp3) is 0.333. The van der Waals surface area contributed by atoms with Crippen LogP contribution in [0.2, 0.25) is 0 Å². The van der Waals surface area contributed by atoms with Crippen molar-refractivity contribution in [2.45, 2.75) is 11.4 Å². The molecular weight excluding hydrogens is 422 g/mol. The molecule has 2 rings (SSSR count). The van der Waals surface area contributed by atoms with Crippen molar-refractivity contribution in [2.75, 3.05) is 34.5 Å². The minimum absolute atomic E-state index is 0.192. The van der Waals surface area contributed by atoms with Crippen LogP contribution in [-0.4, -0.2) is 47.2 Å². The van der Waals surface area contributed by atoms with Crippen molar-refractivity contribution < 1.29 is 22.6 Å². The minimum Gasteiger partial charge on any atom is -0.496 e. The number of rotatable bonds is 9. The zero-order chi connectivity index (χ0) is 19.2. The van der Waals surface area contributed by atoms with E-state index in [-0.39, 0.29) is 11.4 Å². The van der Waals surface area contributed by atoms with E-state index in [1.54, 1.807) is 39.5 Å². The maximum absolute atomic E-state index is 12.8. The van der Waals surface area contributed by atoms with Gasteiger partial charge < -0.3 is 14.2 Å². The van der Waals surface area contributed by atoms with E-state index >= 15 is 0 Å². The van der Waals surface area contributed by atoms with Gasteiger partial charge in [-0.1, -0.05) is 15.9 Å². The lowest BCUT2D eigenvalue weighted by Gasteiger charge is -2.19. The minimum atomic E-state index is -3.63. The van der Waals surface area contributed by atoms with Gasteiger partial charge in [0.1, 0.15) is 18.1 Å².